The number of benzene rings is 2. The van der Waals surface area contributed by atoms with E-state index in [1.54, 1.807) is 11.9 Å². The summed E-state index contributed by atoms with van der Waals surface area (Å²) in [5, 5.41) is 11.9. The van der Waals surface area contributed by atoms with Gasteiger partial charge in [0.2, 0.25) is 5.91 Å². The largest absolute Gasteiger partial charge is 0.481 e. The molecule has 35 heavy (non-hydrogen) atoms. The van der Waals surface area contributed by atoms with Crippen LogP contribution in [-0.4, -0.2) is 78.2 Å². The Bertz CT molecular complexity index is 1080. The topological polar surface area (TPSA) is 99.2 Å². The molecule has 4 aliphatic rings. The third-order valence-corrected chi connectivity index (χ3v) is 7.78. The number of carbonyl (C=O) groups excluding carboxylic acids is 2. The number of fused-ring (bicyclic) bond motifs is 6. The molecule has 3 heterocycles. The molecule has 6 rings (SSSR count). The summed E-state index contributed by atoms with van der Waals surface area (Å²) >= 11 is 0. The van der Waals surface area contributed by atoms with E-state index in [-0.39, 0.29) is 24.5 Å². The highest BCUT2D eigenvalue weighted by Gasteiger charge is 2.40. The number of rotatable bonds is 7. The van der Waals surface area contributed by atoms with Crippen LogP contribution in [0, 0.1) is 5.92 Å². The molecule has 1 aliphatic carbocycles. The molecule has 2 N–H and O–H groups in total. The smallest absolute Gasteiger partial charge is 0.407 e. The van der Waals surface area contributed by atoms with Crippen molar-refractivity contribution >= 4 is 18.0 Å². The minimum absolute atomic E-state index is 0.0330. The lowest BCUT2D eigenvalue weighted by atomic mass is 9.83. The summed E-state index contributed by atoms with van der Waals surface area (Å²) in [6, 6.07) is 14.9. The molecule has 0 radical (unpaired) electrons. The van der Waals surface area contributed by atoms with Gasteiger partial charge in [0, 0.05) is 25.6 Å². The van der Waals surface area contributed by atoms with E-state index in [4.69, 9.17) is 4.74 Å². The van der Waals surface area contributed by atoms with Crippen molar-refractivity contribution in [2.75, 3.05) is 33.3 Å². The van der Waals surface area contributed by atoms with Crippen LogP contribution >= 0.6 is 0 Å². The molecule has 2 bridgehead atoms. The molecule has 0 saturated carbocycles. The monoisotopic (exact) mass is 477 g/mol. The number of nitrogens with one attached hydrogen (secondary N) is 1. The van der Waals surface area contributed by atoms with E-state index >= 15 is 0 Å². The van der Waals surface area contributed by atoms with Crippen molar-refractivity contribution in [1.29, 1.82) is 0 Å². The maximum atomic E-state index is 13.3. The zero-order chi connectivity index (χ0) is 24.5. The van der Waals surface area contributed by atoms with E-state index in [2.05, 4.69) is 22.3 Å². The van der Waals surface area contributed by atoms with Crippen LogP contribution in [0.2, 0.25) is 0 Å². The highest BCUT2D eigenvalue weighted by Crippen LogP contribution is 2.44. The molecule has 2 atom stereocenters. The average molecular weight is 478 g/mol. The van der Waals surface area contributed by atoms with Crippen LogP contribution in [0.15, 0.2) is 48.5 Å². The van der Waals surface area contributed by atoms with E-state index in [0.717, 1.165) is 54.7 Å². The van der Waals surface area contributed by atoms with E-state index in [0.29, 0.717) is 5.92 Å². The van der Waals surface area contributed by atoms with Crippen molar-refractivity contribution in [1.82, 2.24) is 15.1 Å². The quantitative estimate of drug-likeness (QED) is 0.636. The molecule has 2 unspecified atom stereocenters. The van der Waals surface area contributed by atoms with Gasteiger partial charge < -0.3 is 25.0 Å². The lowest BCUT2D eigenvalue weighted by Crippen LogP contribution is -2.60. The molecular weight excluding hydrogens is 446 g/mol. The van der Waals surface area contributed by atoms with Gasteiger partial charge in [-0.15, -0.1) is 0 Å². The molecule has 0 aromatic heterocycles. The van der Waals surface area contributed by atoms with Gasteiger partial charge in [-0.1, -0.05) is 48.5 Å². The number of carboxylic acid groups (broad SMARTS) is 1. The molecule has 2 aromatic carbocycles. The van der Waals surface area contributed by atoms with Gasteiger partial charge in [0.25, 0.3) is 0 Å². The summed E-state index contributed by atoms with van der Waals surface area (Å²) < 4.78 is 5.55. The van der Waals surface area contributed by atoms with Crippen molar-refractivity contribution in [3.05, 3.63) is 59.7 Å². The molecule has 0 spiro atoms. The fourth-order valence-electron chi connectivity index (χ4n) is 5.94. The molecule has 8 nitrogen and oxygen atoms in total. The van der Waals surface area contributed by atoms with Gasteiger partial charge in [-0.2, -0.15) is 0 Å². The summed E-state index contributed by atoms with van der Waals surface area (Å²) in [6.07, 6.45) is 0.792. The number of hydrogen-bond acceptors (Lipinski definition) is 5. The fraction of sp³-hybridized carbons (Fsp3) is 0.444. The minimum Gasteiger partial charge on any atom is -0.481 e. The van der Waals surface area contributed by atoms with Crippen molar-refractivity contribution in [2.24, 2.45) is 5.92 Å². The fourth-order valence-corrected chi connectivity index (χ4v) is 5.94. The Labute approximate surface area is 204 Å². The zero-order valence-electron chi connectivity index (χ0n) is 19.9. The number of piperidine rings is 3. The molecule has 3 fully saturated rings. The zero-order valence-corrected chi connectivity index (χ0v) is 19.9. The van der Waals surface area contributed by atoms with Crippen molar-refractivity contribution in [3.8, 4) is 11.1 Å². The average Bonchev–Trinajstić information content (AvgIpc) is 3.20. The minimum atomic E-state index is -1.18. The van der Waals surface area contributed by atoms with E-state index < -0.39 is 24.5 Å². The standard InChI is InChI=1S/C27H31N3O5/c1-29(24-15-30-12-10-17(24)11-13-30)26(33)23(14-25(31)32)28-27(34)35-16-22-20-8-4-2-6-18(20)19-7-3-5-9-21(19)22/h2-9,17,22-24H,10-16H2,1H3,(H,28,34)(H,31,32). The lowest BCUT2D eigenvalue weighted by molar-refractivity contribution is -0.144. The molecule has 2 aromatic rings. The number of amides is 2. The Hall–Kier alpha value is -3.39. The van der Waals surface area contributed by atoms with Crippen LogP contribution in [0.25, 0.3) is 11.1 Å². The number of carboxylic acids is 1. The molecular formula is C27H31N3O5. The first-order valence-electron chi connectivity index (χ1n) is 12.2. The summed E-state index contributed by atoms with van der Waals surface area (Å²) in [5.41, 5.74) is 4.41. The molecule has 184 valence electrons. The molecule has 3 saturated heterocycles. The number of nitrogens with zero attached hydrogens (tertiary/aromatic N) is 2. The summed E-state index contributed by atoms with van der Waals surface area (Å²) in [7, 11) is 1.71. The second kappa shape index (κ2) is 9.70. The van der Waals surface area contributed by atoms with Gasteiger partial charge in [-0.25, -0.2) is 4.79 Å². The molecule has 3 aliphatic heterocycles. The van der Waals surface area contributed by atoms with Crippen molar-refractivity contribution < 1.29 is 24.2 Å². The Morgan fingerprint density at radius 3 is 2.20 bits per heavy atom. The van der Waals surface area contributed by atoms with Gasteiger partial charge in [-0.05, 0) is 54.1 Å². The van der Waals surface area contributed by atoms with Crippen LogP contribution in [0.3, 0.4) is 0 Å². The van der Waals surface area contributed by atoms with E-state index in [9.17, 15) is 19.5 Å². The van der Waals surface area contributed by atoms with Gasteiger partial charge in [0.15, 0.2) is 0 Å². The number of aliphatic carboxylic acids is 1. The first kappa shape index (κ1) is 23.4. The first-order chi connectivity index (χ1) is 16.9. The van der Waals surface area contributed by atoms with Crippen LogP contribution in [0.1, 0.15) is 36.3 Å². The highest BCUT2D eigenvalue weighted by molar-refractivity contribution is 5.89. The first-order valence-corrected chi connectivity index (χ1v) is 12.2. The molecule has 2 amide bonds. The normalized spacial score (nSPS) is 23.2. The van der Waals surface area contributed by atoms with Gasteiger partial charge in [0.05, 0.1) is 6.42 Å². The number of alkyl carbamates (subject to hydrolysis) is 1. The Balaban J connectivity index is 1.25. The lowest BCUT2D eigenvalue weighted by Gasteiger charge is -2.48. The Kier molecular flexibility index (Phi) is 6.47. The van der Waals surface area contributed by atoms with E-state index in [1.165, 1.54) is 0 Å². The summed E-state index contributed by atoms with van der Waals surface area (Å²) in [4.78, 5) is 41.5. The maximum Gasteiger partial charge on any atom is 0.407 e. The number of ether oxygens (including phenoxy) is 1. The number of hydrogen-bond donors (Lipinski definition) is 2. The second-order valence-electron chi connectivity index (χ2n) is 9.77. The third kappa shape index (κ3) is 4.62. The number of likely N-dealkylation sites (N-methyl/N-ethyl adjacent to an activating group) is 1. The third-order valence-electron chi connectivity index (χ3n) is 7.78. The SMILES string of the molecule is CN(C(=O)C(CC(=O)O)NC(=O)OCC1c2ccccc2-c2ccccc21)C1CN2CCC1CC2. The number of carbonyl (C=O) groups is 3. The highest BCUT2D eigenvalue weighted by atomic mass is 16.5. The van der Waals surface area contributed by atoms with Gasteiger partial charge in [0.1, 0.15) is 12.6 Å². The summed E-state index contributed by atoms with van der Waals surface area (Å²) in [5.74, 6) is -1.24. The van der Waals surface area contributed by atoms with Crippen LogP contribution in [-0.2, 0) is 14.3 Å². The van der Waals surface area contributed by atoms with Crippen LogP contribution in [0.4, 0.5) is 4.79 Å². The van der Waals surface area contributed by atoms with Crippen molar-refractivity contribution in [3.63, 3.8) is 0 Å². The van der Waals surface area contributed by atoms with Gasteiger partial charge in [-0.3, -0.25) is 9.59 Å². The summed E-state index contributed by atoms with van der Waals surface area (Å²) in [6.45, 7) is 2.97. The predicted octanol–water partition coefficient (Wildman–Crippen LogP) is 2.92. The van der Waals surface area contributed by atoms with Crippen molar-refractivity contribution in [2.45, 2.75) is 37.3 Å². The van der Waals surface area contributed by atoms with E-state index in [1.807, 2.05) is 36.4 Å². The second-order valence-corrected chi connectivity index (χ2v) is 9.77. The molecule has 8 heteroatoms. The Morgan fingerprint density at radius 2 is 1.66 bits per heavy atom. The maximum absolute atomic E-state index is 13.3. The Morgan fingerprint density at radius 1 is 1.06 bits per heavy atom. The van der Waals surface area contributed by atoms with Gasteiger partial charge >= 0.3 is 12.1 Å². The van der Waals surface area contributed by atoms with Crippen LogP contribution in [0.5, 0.6) is 0 Å². The predicted molar refractivity (Wildman–Crippen MR) is 130 cm³/mol. The van der Waals surface area contributed by atoms with Crippen LogP contribution < -0.4 is 5.32 Å².